The minimum atomic E-state index is -0.340. The lowest BCUT2D eigenvalue weighted by atomic mass is 10.2. The Hall–Kier alpha value is -0.980. The van der Waals surface area contributed by atoms with Crippen LogP contribution in [0.5, 0.6) is 0 Å². The largest absolute Gasteiger partial charge is 0.383 e. The standard InChI is InChI=1S/C12H23N3O3/c1-4-15-11(16)9-10(12(15)17)13-5-6-14(2)7-8-18-3/h10,13H,4-9H2,1-3H3. The predicted octanol–water partition coefficient (Wildman–Crippen LogP) is -0.698. The number of ether oxygens (including phenoxy) is 1. The number of likely N-dealkylation sites (N-methyl/N-ethyl adjacent to an activating group) is 2. The molecule has 1 saturated heterocycles. The molecule has 0 aromatic heterocycles. The Balaban J connectivity index is 2.24. The maximum Gasteiger partial charge on any atom is 0.246 e. The maximum absolute atomic E-state index is 11.8. The van der Waals surface area contributed by atoms with Crippen LogP contribution in [0, 0.1) is 0 Å². The van der Waals surface area contributed by atoms with Crippen LogP contribution in [-0.2, 0) is 14.3 Å². The fraction of sp³-hybridized carbons (Fsp3) is 0.833. The van der Waals surface area contributed by atoms with Crippen molar-refractivity contribution >= 4 is 11.8 Å². The first-order valence-electron chi connectivity index (χ1n) is 6.35. The van der Waals surface area contributed by atoms with Crippen molar-refractivity contribution in [1.29, 1.82) is 0 Å². The summed E-state index contributed by atoms with van der Waals surface area (Å²) in [4.78, 5) is 26.7. The molecule has 1 aliphatic rings. The van der Waals surface area contributed by atoms with E-state index in [9.17, 15) is 9.59 Å². The van der Waals surface area contributed by atoms with E-state index in [0.29, 0.717) is 19.7 Å². The van der Waals surface area contributed by atoms with Gasteiger partial charge in [0.25, 0.3) is 0 Å². The Labute approximate surface area is 108 Å². The van der Waals surface area contributed by atoms with E-state index in [1.807, 2.05) is 14.0 Å². The molecule has 6 nitrogen and oxygen atoms in total. The molecule has 0 aliphatic carbocycles. The van der Waals surface area contributed by atoms with Gasteiger partial charge in [0.1, 0.15) is 0 Å². The van der Waals surface area contributed by atoms with Crippen LogP contribution < -0.4 is 5.32 Å². The normalized spacial score (nSPS) is 20.2. The van der Waals surface area contributed by atoms with Crippen LogP contribution in [0.1, 0.15) is 13.3 Å². The lowest BCUT2D eigenvalue weighted by molar-refractivity contribution is -0.138. The van der Waals surface area contributed by atoms with Crippen molar-refractivity contribution in [2.75, 3.05) is 46.9 Å². The van der Waals surface area contributed by atoms with Crippen LogP contribution in [-0.4, -0.2) is 74.6 Å². The first kappa shape index (κ1) is 15.1. The van der Waals surface area contributed by atoms with Gasteiger partial charge in [-0.3, -0.25) is 14.5 Å². The van der Waals surface area contributed by atoms with Gasteiger partial charge in [0.2, 0.25) is 11.8 Å². The average molecular weight is 257 g/mol. The molecule has 0 saturated carbocycles. The molecule has 1 fully saturated rings. The molecule has 0 aromatic rings. The van der Waals surface area contributed by atoms with Crippen molar-refractivity contribution in [1.82, 2.24) is 15.1 Å². The number of nitrogens with zero attached hydrogens (tertiary/aromatic N) is 2. The van der Waals surface area contributed by atoms with Gasteiger partial charge in [0.15, 0.2) is 0 Å². The highest BCUT2D eigenvalue weighted by molar-refractivity contribution is 6.05. The van der Waals surface area contributed by atoms with E-state index in [1.54, 1.807) is 7.11 Å². The number of carbonyl (C=O) groups is 2. The summed E-state index contributed by atoms with van der Waals surface area (Å²) in [5, 5.41) is 3.14. The number of nitrogens with one attached hydrogen (secondary N) is 1. The quantitative estimate of drug-likeness (QED) is 0.583. The van der Waals surface area contributed by atoms with Crippen molar-refractivity contribution in [2.24, 2.45) is 0 Å². The molecule has 104 valence electrons. The van der Waals surface area contributed by atoms with Gasteiger partial charge in [-0.05, 0) is 14.0 Å². The molecular formula is C12H23N3O3. The topological polar surface area (TPSA) is 61.9 Å². The highest BCUT2D eigenvalue weighted by Crippen LogP contribution is 2.11. The number of methoxy groups -OCH3 is 1. The molecule has 2 amide bonds. The SMILES string of the molecule is CCN1C(=O)CC(NCCN(C)CCOC)C1=O. The second-order valence-corrected chi connectivity index (χ2v) is 4.48. The summed E-state index contributed by atoms with van der Waals surface area (Å²) in [6, 6.07) is -0.340. The average Bonchev–Trinajstić information content (AvgIpc) is 2.61. The van der Waals surface area contributed by atoms with Gasteiger partial charge < -0.3 is 15.0 Å². The molecule has 0 spiro atoms. The van der Waals surface area contributed by atoms with Crippen LogP contribution in [0.3, 0.4) is 0 Å². The van der Waals surface area contributed by atoms with Crippen LogP contribution in [0.25, 0.3) is 0 Å². The zero-order valence-electron chi connectivity index (χ0n) is 11.4. The van der Waals surface area contributed by atoms with E-state index in [2.05, 4.69) is 10.2 Å². The monoisotopic (exact) mass is 257 g/mol. The lowest BCUT2D eigenvalue weighted by Gasteiger charge is -2.18. The van der Waals surface area contributed by atoms with Crippen molar-refractivity contribution < 1.29 is 14.3 Å². The Morgan fingerprint density at radius 3 is 2.72 bits per heavy atom. The Bertz CT molecular complexity index is 296. The summed E-state index contributed by atoms with van der Waals surface area (Å²) in [7, 11) is 3.68. The fourth-order valence-corrected chi connectivity index (χ4v) is 1.96. The first-order valence-corrected chi connectivity index (χ1v) is 6.35. The molecule has 0 bridgehead atoms. The predicted molar refractivity (Wildman–Crippen MR) is 68.2 cm³/mol. The van der Waals surface area contributed by atoms with Gasteiger partial charge in [0, 0.05) is 33.3 Å². The van der Waals surface area contributed by atoms with Gasteiger partial charge in [-0.15, -0.1) is 0 Å². The number of hydrogen-bond donors (Lipinski definition) is 1. The van der Waals surface area contributed by atoms with E-state index < -0.39 is 0 Å². The number of carbonyl (C=O) groups excluding carboxylic acids is 2. The summed E-state index contributed by atoms with van der Waals surface area (Å²) >= 11 is 0. The van der Waals surface area contributed by atoms with Crippen LogP contribution in [0.4, 0.5) is 0 Å². The summed E-state index contributed by atoms with van der Waals surface area (Å²) in [5.74, 6) is -0.171. The molecule has 1 rings (SSSR count). The number of rotatable bonds is 8. The van der Waals surface area contributed by atoms with E-state index >= 15 is 0 Å². The maximum atomic E-state index is 11.8. The molecule has 1 atom stereocenters. The fourth-order valence-electron chi connectivity index (χ4n) is 1.96. The van der Waals surface area contributed by atoms with Crippen molar-refractivity contribution in [3.05, 3.63) is 0 Å². The van der Waals surface area contributed by atoms with Crippen molar-refractivity contribution in [3.63, 3.8) is 0 Å². The molecule has 1 heterocycles. The van der Waals surface area contributed by atoms with Crippen LogP contribution >= 0.6 is 0 Å². The summed E-state index contributed by atoms with van der Waals surface area (Å²) < 4.78 is 4.98. The molecule has 18 heavy (non-hydrogen) atoms. The summed E-state index contributed by atoms with van der Waals surface area (Å²) in [6.45, 7) is 5.35. The van der Waals surface area contributed by atoms with Gasteiger partial charge in [0.05, 0.1) is 19.1 Å². The summed E-state index contributed by atoms with van der Waals surface area (Å²) in [6.07, 6.45) is 0.286. The van der Waals surface area contributed by atoms with Crippen LogP contribution in [0.2, 0.25) is 0 Å². The molecular weight excluding hydrogens is 234 g/mol. The van der Waals surface area contributed by atoms with Gasteiger partial charge in [-0.25, -0.2) is 0 Å². The minimum Gasteiger partial charge on any atom is -0.383 e. The van der Waals surface area contributed by atoms with E-state index in [1.165, 1.54) is 4.90 Å². The second kappa shape index (κ2) is 7.45. The minimum absolute atomic E-state index is 0.0762. The first-order chi connectivity index (χ1) is 8.60. The zero-order valence-corrected chi connectivity index (χ0v) is 11.4. The lowest BCUT2D eigenvalue weighted by Crippen LogP contribution is -2.41. The van der Waals surface area contributed by atoms with E-state index in [0.717, 1.165) is 13.1 Å². The molecule has 6 heteroatoms. The third kappa shape index (κ3) is 4.04. The van der Waals surface area contributed by atoms with Gasteiger partial charge >= 0.3 is 0 Å². The Morgan fingerprint density at radius 1 is 1.44 bits per heavy atom. The molecule has 1 aliphatic heterocycles. The molecule has 1 unspecified atom stereocenters. The molecule has 1 N–H and O–H groups in total. The van der Waals surface area contributed by atoms with Crippen molar-refractivity contribution in [2.45, 2.75) is 19.4 Å². The Kier molecular flexibility index (Phi) is 6.24. The molecule has 0 aromatic carbocycles. The number of imide groups is 1. The third-order valence-electron chi connectivity index (χ3n) is 3.12. The number of likely N-dealkylation sites (tertiary alicyclic amines) is 1. The second-order valence-electron chi connectivity index (χ2n) is 4.48. The number of amides is 2. The zero-order chi connectivity index (χ0) is 13.5. The summed E-state index contributed by atoms with van der Waals surface area (Å²) in [5.41, 5.74) is 0. The molecule has 0 radical (unpaired) electrons. The van der Waals surface area contributed by atoms with E-state index in [-0.39, 0.29) is 24.3 Å². The third-order valence-corrected chi connectivity index (χ3v) is 3.12. The van der Waals surface area contributed by atoms with Crippen LogP contribution in [0.15, 0.2) is 0 Å². The highest BCUT2D eigenvalue weighted by Gasteiger charge is 2.36. The number of hydrogen-bond acceptors (Lipinski definition) is 5. The van der Waals surface area contributed by atoms with Gasteiger partial charge in [-0.2, -0.15) is 0 Å². The smallest absolute Gasteiger partial charge is 0.246 e. The van der Waals surface area contributed by atoms with E-state index in [4.69, 9.17) is 4.74 Å². The van der Waals surface area contributed by atoms with Crippen molar-refractivity contribution in [3.8, 4) is 0 Å². The highest BCUT2D eigenvalue weighted by atomic mass is 16.5. The van der Waals surface area contributed by atoms with Gasteiger partial charge in [-0.1, -0.05) is 0 Å². The Morgan fingerprint density at radius 2 is 2.17 bits per heavy atom.